The summed E-state index contributed by atoms with van der Waals surface area (Å²) in [4.78, 5) is 23.9. The zero-order valence-electron chi connectivity index (χ0n) is 14.5. The van der Waals surface area contributed by atoms with Gasteiger partial charge in [0.25, 0.3) is 11.8 Å². The summed E-state index contributed by atoms with van der Waals surface area (Å²) in [5.74, 6) is 0.442. The Labute approximate surface area is 148 Å². The van der Waals surface area contributed by atoms with Crippen molar-refractivity contribution in [3.63, 3.8) is 0 Å². The molecular formula is C20H24N2O3. The molecule has 5 heteroatoms. The van der Waals surface area contributed by atoms with Gasteiger partial charge in [0, 0.05) is 24.2 Å². The fraction of sp³-hybridized carbons (Fsp3) is 0.300. The lowest BCUT2D eigenvalue weighted by atomic mass is 10.2. The molecule has 5 nitrogen and oxygen atoms in total. The summed E-state index contributed by atoms with van der Waals surface area (Å²) in [7, 11) is 0. The minimum Gasteiger partial charge on any atom is -0.494 e. The number of hydrogen-bond acceptors (Lipinski definition) is 3. The molecule has 0 saturated heterocycles. The van der Waals surface area contributed by atoms with Crippen LogP contribution in [0.4, 0.5) is 0 Å². The number of amides is 2. The molecule has 2 amide bonds. The van der Waals surface area contributed by atoms with Gasteiger partial charge in [-0.1, -0.05) is 31.5 Å². The van der Waals surface area contributed by atoms with Crippen molar-refractivity contribution >= 4 is 11.8 Å². The average Bonchev–Trinajstić information content (AvgIpc) is 2.66. The molecule has 0 atom stereocenters. The highest BCUT2D eigenvalue weighted by Gasteiger charge is 2.06. The molecule has 0 bridgehead atoms. The van der Waals surface area contributed by atoms with Crippen molar-refractivity contribution in [3.8, 4) is 5.75 Å². The Morgan fingerprint density at radius 2 is 1.40 bits per heavy atom. The Kier molecular flexibility index (Phi) is 7.50. The molecule has 2 N–H and O–H groups in total. The molecule has 0 unspecified atom stereocenters. The van der Waals surface area contributed by atoms with Gasteiger partial charge in [-0.25, -0.2) is 0 Å². The fourth-order valence-electron chi connectivity index (χ4n) is 2.18. The van der Waals surface area contributed by atoms with Gasteiger partial charge in [-0.3, -0.25) is 9.59 Å². The summed E-state index contributed by atoms with van der Waals surface area (Å²) in [6, 6.07) is 16.0. The van der Waals surface area contributed by atoms with Crippen molar-refractivity contribution < 1.29 is 14.3 Å². The highest BCUT2D eigenvalue weighted by atomic mass is 16.5. The third-order valence-corrected chi connectivity index (χ3v) is 3.62. The first-order chi connectivity index (χ1) is 12.2. The van der Waals surface area contributed by atoms with Gasteiger partial charge in [-0.15, -0.1) is 0 Å². The van der Waals surface area contributed by atoms with Crippen molar-refractivity contribution in [3.05, 3.63) is 65.7 Å². The van der Waals surface area contributed by atoms with Crippen LogP contribution in [0, 0.1) is 0 Å². The van der Waals surface area contributed by atoms with Crippen molar-refractivity contribution in [2.75, 3.05) is 19.7 Å². The zero-order chi connectivity index (χ0) is 17.9. The van der Waals surface area contributed by atoms with Crippen LogP contribution in [0.1, 0.15) is 40.5 Å². The van der Waals surface area contributed by atoms with Crippen LogP contribution in [0.3, 0.4) is 0 Å². The van der Waals surface area contributed by atoms with Crippen molar-refractivity contribution in [1.82, 2.24) is 10.6 Å². The number of benzene rings is 2. The van der Waals surface area contributed by atoms with Crippen molar-refractivity contribution in [2.45, 2.75) is 19.8 Å². The summed E-state index contributed by atoms with van der Waals surface area (Å²) < 4.78 is 5.57. The minimum atomic E-state index is -0.172. The SMILES string of the molecule is CCCCOc1ccc(C(=O)NCCNC(=O)c2ccccc2)cc1. The molecule has 132 valence electrons. The fourth-order valence-corrected chi connectivity index (χ4v) is 2.18. The monoisotopic (exact) mass is 340 g/mol. The van der Waals surface area contributed by atoms with Crippen LogP contribution in [-0.2, 0) is 0 Å². The number of ether oxygens (including phenoxy) is 1. The van der Waals surface area contributed by atoms with Gasteiger partial charge >= 0.3 is 0 Å². The zero-order valence-corrected chi connectivity index (χ0v) is 14.5. The second-order valence-corrected chi connectivity index (χ2v) is 5.60. The first-order valence-electron chi connectivity index (χ1n) is 8.55. The lowest BCUT2D eigenvalue weighted by molar-refractivity contribution is 0.0927. The highest BCUT2D eigenvalue weighted by molar-refractivity contribution is 5.95. The Morgan fingerprint density at radius 1 is 0.840 bits per heavy atom. The van der Waals surface area contributed by atoms with Gasteiger partial charge in [-0.05, 0) is 42.8 Å². The van der Waals surface area contributed by atoms with Gasteiger partial charge in [-0.2, -0.15) is 0 Å². The van der Waals surface area contributed by atoms with Crippen molar-refractivity contribution in [1.29, 1.82) is 0 Å². The largest absolute Gasteiger partial charge is 0.494 e. The first-order valence-corrected chi connectivity index (χ1v) is 8.55. The Balaban J connectivity index is 1.70. The Bertz CT molecular complexity index is 669. The maximum Gasteiger partial charge on any atom is 0.251 e. The van der Waals surface area contributed by atoms with E-state index in [0.29, 0.717) is 30.8 Å². The molecule has 2 aromatic carbocycles. The van der Waals surface area contributed by atoms with E-state index in [-0.39, 0.29) is 11.8 Å². The molecule has 2 aromatic rings. The van der Waals surface area contributed by atoms with E-state index in [4.69, 9.17) is 4.74 Å². The lowest BCUT2D eigenvalue weighted by Crippen LogP contribution is -2.34. The second kappa shape index (κ2) is 10.1. The van der Waals surface area contributed by atoms with Gasteiger partial charge < -0.3 is 15.4 Å². The number of unbranched alkanes of at least 4 members (excludes halogenated alkanes) is 1. The number of carbonyl (C=O) groups is 2. The normalized spacial score (nSPS) is 10.1. The molecule has 0 aromatic heterocycles. The van der Waals surface area contributed by atoms with Crippen LogP contribution >= 0.6 is 0 Å². The van der Waals surface area contributed by atoms with Gasteiger partial charge in [0.05, 0.1) is 6.61 Å². The molecule has 0 aliphatic rings. The molecule has 0 radical (unpaired) electrons. The molecule has 2 rings (SSSR count). The van der Waals surface area contributed by atoms with E-state index in [1.54, 1.807) is 36.4 Å². The number of hydrogen-bond donors (Lipinski definition) is 2. The van der Waals surface area contributed by atoms with E-state index in [9.17, 15) is 9.59 Å². The third-order valence-electron chi connectivity index (χ3n) is 3.62. The predicted molar refractivity (Wildman–Crippen MR) is 98.0 cm³/mol. The van der Waals surface area contributed by atoms with Gasteiger partial charge in [0.1, 0.15) is 5.75 Å². The number of nitrogens with one attached hydrogen (secondary N) is 2. The maximum absolute atomic E-state index is 12.1. The van der Waals surface area contributed by atoms with Gasteiger partial charge in [0.15, 0.2) is 0 Å². The van der Waals surface area contributed by atoms with E-state index in [1.807, 2.05) is 18.2 Å². The second-order valence-electron chi connectivity index (χ2n) is 5.60. The summed E-state index contributed by atoms with van der Waals surface area (Å²) >= 11 is 0. The number of carbonyl (C=O) groups excluding carboxylic acids is 2. The lowest BCUT2D eigenvalue weighted by Gasteiger charge is -2.08. The summed E-state index contributed by atoms with van der Waals surface area (Å²) in [5.41, 5.74) is 1.17. The molecule has 0 heterocycles. The molecule has 0 aliphatic heterocycles. The maximum atomic E-state index is 12.1. The predicted octanol–water partition coefficient (Wildman–Crippen LogP) is 3.03. The first kappa shape index (κ1) is 18.5. The Hall–Kier alpha value is -2.82. The molecule has 0 aliphatic carbocycles. The average molecular weight is 340 g/mol. The van der Waals surface area contributed by atoms with E-state index >= 15 is 0 Å². The van der Waals surface area contributed by atoms with Crippen LogP contribution in [0.5, 0.6) is 5.75 Å². The summed E-state index contributed by atoms with van der Waals surface area (Å²) in [6.45, 7) is 3.53. The van der Waals surface area contributed by atoms with E-state index in [2.05, 4.69) is 17.6 Å². The molecular weight excluding hydrogens is 316 g/mol. The van der Waals surface area contributed by atoms with E-state index < -0.39 is 0 Å². The van der Waals surface area contributed by atoms with Crippen LogP contribution < -0.4 is 15.4 Å². The van der Waals surface area contributed by atoms with Crippen LogP contribution in [0.15, 0.2) is 54.6 Å². The van der Waals surface area contributed by atoms with Crippen LogP contribution in [0.2, 0.25) is 0 Å². The van der Waals surface area contributed by atoms with Gasteiger partial charge in [0.2, 0.25) is 0 Å². The quantitative estimate of drug-likeness (QED) is 0.690. The summed E-state index contributed by atoms with van der Waals surface area (Å²) in [5, 5.41) is 5.55. The highest BCUT2D eigenvalue weighted by Crippen LogP contribution is 2.12. The molecule has 0 saturated carbocycles. The molecule has 0 fully saturated rings. The third kappa shape index (κ3) is 6.30. The van der Waals surface area contributed by atoms with Crippen LogP contribution in [-0.4, -0.2) is 31.5 Å². The van der Waals surface area contributed by atoms with Crippen LogP contribution in [0.25, 0.3) is 0 Å². The minimum absolute atomic E-state index is 0.150. The summed E-state index contributed by atoms with van der Waals surface area (Å²) in [6.07, 6.45) is 2.10. The smallest absolute Gasteiger partial charge is 0.251 e. The number of rotatable bonds is 9. The topological polar surface area (TPSA) is 67.4 Å². The Morgan fingerprint density at radius 3 is 1.96 bits per heavy atom. The van der Waals surface area contributed by atoms with E-state index in [1.165, 1.54) is 0 Å². The molecule has 0 spiro atoms. The van der Waals surface area contributed by atoms with Crippen molar-refractivity contribution in [2.24, 2.45) is 0 Å². The molecule has 25 heavy (non-hydrogen) atoms. The standard InChI is InChI=1S/C20H24N2O3/c1-2-3-15-25-18-11-9-17(10-12-18)20(24)22-14-13-21-19(23)16-7-5-4-6-8-16/h4-12H,2-3,13-15H2,1H3,(H,21,23)(H,22,24). The van der Waals surface area contributed by atoms with E-state index in [0.717, 1.165) is 18.6 Å².